The fourth-order valence-corrected chi connectivity index (χ4v) is 2.82. The maximum Gasteiger partial charge on any atom is 0.138 e. The quantitative estimate of drug-likeness (QED) is 0.824. The van der Waals surface area contributed by atoms with Gasteiger partial charge in [-0.2, -0.15) is 5.10 Å². The Kier molecular flexibility index (Phi) is 4.99. The summed E-state index contributed by atoms with van der Waals surface area (Å²) in [6.07, 6.45) is 1.63. The van der Waals surface area contributed by atoms with E-state index < -0.39 is 0 Å². The molecule has 0 spiro atoms. The molecule has 4 nitrogen and oxygen atoms in total. The van der Waals surface area contributed by atoms with Gasteiger partial charge in [0.05, 0.1) is 5.75 Å². The lowest BCUT2D eigenvalue weighted by Crippen LogP contribution is -2.07. The first-order valence-electron chi connectivity index (χ1n) is 6.45. The summed E-state index contributed by atoms with van der Waals surface area (Å²) >= 11 is 1.80. The van der Waals surface area contributed by atoms with Gasteiger partial charge in [0.1, 0.15) is 12.2 Å². The molecule has 19 heavy (non-hydrogen) atoms. The Morgan fingerprint density at radius 3 is 2.95 bits per heavy atom. The Balaban J connectivity index is 2.02. The fourth-order valence-electron chi connectivity index (χ4n) is 1.91. The average Bonchev–Trinajstić information content (AvgIpc) is 2.86. The Morgan fingerprint density at radius 1 is 1.37 bits per heavy atom. The van der Waals surface area contributed by atoms with Gasteiger partial charge < -0.3 is 5.32 Å². The van der Waals surface area contributed by atoms with Crippen LogP contribution >= 0.6 is 11.8 Å². The summed E-state index contributed by atoms with van der Waals surface area (Å²) < 4.78 is 1.98. The predicted octanol–water partition coefficient (Wildman–Crippen LogP) is 2.87. The average molecular weight is 276 g/mol. The number of thioether (sulfide) groups is 1. The lowest BCUT2D eigenvalue weighted by atomic mass is 10.2. The molecular weight excluding hydrogens is 256 g/mol. The molecule has 2 aromatic rings. The Bertz CT molecular complexity index is 522. The van der Waals surface area contributed by atoms with Crippen molar-refractivity contribution in [2.45, 2.75) is 37.1 Å². The highest BCUT2D eigenvalue weighted by Crippen LogP contribution is 2.23. The standard InChI is InChI=1S/C14H20N4S/c1-11(2)18-14(16-10-17-18)9-19-13-6-4-5-12(7-13)8-15-3/h4-7,10-11,15H,8-9H2,1-3H3. The van der Waals surface area contributed by atoms with Crippen LogP contribution in [0.25, 0.3) is 0 Å². The Morgan fingerprint density at radius 2 is 2.21 bits per heavy atom. The highest BCUT2D eigenvalue weighted by molar-refractivity contribution is 7.98. The molecule has 1 aromatic carbocycles. The van der Waals surface area contributed by atoms with E-state index in [4.69, 9.17) is 0 Å². The van der Waals surface area contributed by atoms with Crippen LogP contribution < -0.4 is 5.32 Å². The minimum absolute atomic E-state index is 0.355. The minimum Gasteiger partial charge on any atom is -0.316 e. The summed E-state index contributed by atoms with van der Waals surface area (Å²) in [7, 11) is 1.96. The molecule has 0 amide bonds. The number of hydrogen-bond acceptors (Lipinski definition) is 4. The van der Waals surface area contributed by atoms with Gasteiger partial charge in [0.15, 0.2) is 0 Å². The Labute approximate surface area is 118 Å². The zero-order valence-corrected chi connectivity index (χ0v) is 12.4. The van der Waals surface area contributed by atoms with Crippen molar-refractivity contribution in [3.05, 3.63) is 42.0 Å². The Hall–Kier alpha value is -1.33. The summed E-state index contributed by atoms with van der Waals surface area (Å²) in [5, 5.41) is 7.43. The van der Waals surface area contributed by atoms with Crippen LogP contribution in [0.15, 0.2) is 35.5 Å². The van der Waals surface area contributed by atoms with Crippen LogP contribution in [0, 0.1) is 0 Å². The van der Waals surface area contributed by atoms with Crippen LogP contribution in [0.1, 0.15) is 31.3 Å². The van der Waals surface area contributed by atoms with E-state index in [0.29, 0.717) is 6.04 Å². The van der Waals surface area contributed by atoms with Crippen molar-refractivity contribution in [1.82, 2.24) is 20.1 Å². The third kappa shape index (κ3) is 3.81. The molecule has 0 fully saturated rings. The first-order valence-corrected chi connectivity index (χ1v) is 7.44. The van der Waals surface area contributed by atoms with Crippen molar-refractivity contribution in [2.75, 3.05) is 7.05 Å². The molecule has 0 bridgehead atoms. The van der Waals surface area contributed by atoms with Crippen LogP contribution in [-0.2, 0) is 12.3 Å². The molecule has 0 atom stereocenters. The van der Waals surface area contributed by atoms with Crippen LogP contribution in [-0.4, -0.2) is 21.8 Å². The van der Waals surface area contributed by atoms with E-state index in [2.05, 4.69) is 53.5 Å². The summed E-state index contributed by atoms with van der Waals surface area (Å²) in [5.41, 5.74) is 1.30. The molecule has 0 saturated carbocycles. The van der Waals surface area contributed by atoms with Gasteiger partial charge in [-0.15, -0.1) is 11.8 Å². The van der Waals surface area contributed by atoms with Crippen LogP contribution in [0.2, 0.25) is 0 Å². The SMILES string of the molecule is CNCc1cccc(SCc2ncnn2C(C)C)c1. The van der Waals surface area contributed by atoms with E-state index in [1.54, 1.807) is 18.1 Å². The molecule has 2 rings (SSSR count). The lowest BCUT2D eigenvalue weighted by molar-refractivity contribution is 0.514. The van der Waals surface area contributed by atoms with Crippen molar-refractivity contribution in [3.63, 3.8) is 0 Å². The highest BCUT2D eigenvalue weighted by atomic mass is 32.2. The summed E-state index contributed by atoms with van der Waals surface area (Å²) in [6.45, 7) is 5.14. The van der Waals surface area contributed by atoms with E-state index in [-0.39, 0.29) is 0 Å². The second-order valence-electron chi connectivity index (χ2n) is 4.68. The first kappa shape index (κ1) is 14.1. The summed E-state index contributed by atoms with van der Waals surface area (Å²) in [5.74, 6) is 1.88. The fraction of sp³-hybridized carbons (Fsp3) is 0.429. The molecule has 0 unspecified atom stereocenters. The molecule has 0 radical (unpaired) electrons. The van der Waals surface area contributed by atoms with E-state index in [1.165, 1.54) is 10.5 Å². The first-order chi connectivity index (χ1) is 9.20. The second kappa shape index (κ2) is 6.73. The summed E-state index contributed by atoms with van der Waals surface area (Å²) in [4.78, 5) is 5.60. The number of nitrogens with one attached hydrogen (secondary N) is 1. The normalized spacial score (nSPS) is 11.2. The molecule has 1 heterocycles. The monoisotopic (exact) mass is 276 g/mol. The van der Waals surface area contributed by atoms with Crippen LogP contribution in [0.4, 0.5) is 0 Å². The van der Waals surface area contributed by atoms with E-state index in [0.717, 1.165) is 18.1 Å². The molecule has 102 valence electrons. The van der Waals surface area contributed by atoms with Gasteiger partial charge in [0.2, 0.25) is 0 Å². The molecule has 1 N–H and O–H groups in total. The number of nitrogens with zero attached hydrogens (tertiary/aromatic N) is 3. The predicted molar refractivity (Wildman–Crippen MR) is 79.2 cm³/mol. The smallest absolute Gasteiger partial charge is 0.138 e. The molecule has 1 aromatic heterocycles. The van der Waals surface area contributed by atoms with Gasteiger partial charge in [-0.1, -0.05) is 12.1 Å². The zero-order chi connectivity index (χ0) is 13.7. The second-order valence-corrected chi connectivity index (χ2v) is 5.73. The van der Waals surface area contributed by atoms with Crippen LogP contribution in [0.3, 0.4) is 0 Å². The molecule has 0 aliphatic rings. The third-order valence-corrected chi connectivity index (χ3v) is 3.77. The van der Waals surface area contributed by atoms with Crippen molar-refractivity contribution in [3.8, 4) is 0 Å². The van der Waals surface area contributed by atoms with E-state index in [1.807, 2.05) is 11.7 Å². The van der Waals surface area contributed by atoms with Crippen molar-refractivity contribution >= 4 is 11.8 Å². The van der Waals surface area contributed by atoms with E-state index in [9.17, 15) is 0 Å². The minimum atomic E-state index is 0.355. The molecular formula is C14H20N4S. The van der Waals surface area contributed by atoms with Gasteiger partial charge in [-0.25, -0.2) is 9.67 Å². The third-order valence-electron chi connectivity index (χ3n) is 2.78. The van der Waals surface area contributed by atoms with Crippen molar-refractivity contribution in [2.24, 2.45) is 0 Å². The van der Waals surface area contributed by atoms with Gasteiger partial charge in [0.25, 0.3) is 0 Å². The maximum absolute atomic E-state index is 4.33. The molecule has 0 aliphatic carbocycles. The number of hydrogen-bond donors (Lipinski definition) is 1. The number of rotatable bonds is 6. The zero-order valence-electron chi connectivity index (χ0n) is 11.6. The molecule has 0 saturated heterocycles. The lowest BCUT2D eigenvalue weighted by Gasteiger charge is -2.09. The molecule has 0 aliphatic heterocycles. The topological polar surface area (TPSA) is 42.7 Å². The van der Waals surface area contributed by atoms with Gasteiger partial charge >= 0.3 is 0 Å². The highest BCUT2D eigenvalue weighted by Gasteiger charge is 2.08. The van der Waals surface area contributed by atoms with Crippen molar-refractivity contribution in [1.29, 1.82) is 0 Å². The van der Waals surface area contributed by atoms with Crippen LogP contribution in [0.5, 0.6) is 0 Å². The van der Waals surface area contributed by atoms with Gasteiger partial charge in [0, 0.05) is 17.5 Å². The van der Waals surface area contributed by atoms with Crippen molar-refractivity contribution < 1.29 is 0 Å². The number of benzene rings is 1. The van der Waals surface area contributed by atoms with Gasteiger partial charge in [-0.05, 0) is 38.6 Å². The van der Waals surface area contributed by atoms with E-state index >= 15 is 0 Å². The number of aromatic nitrogens is 3. The van der Waals surface area contributed by atoms with Gasteiger partial charge in [-0.3, -0.25) is 0 Å². The maximum atomic E-state index is 4.33. The molecule has 5 heteroatoms. The summed E-state index contributed by atoms with van der Waals surface area (Å²) in [6, 6.07) is 8.95. The largest absolute Gasteiger partial charge is 0.316 e.